The number of piperidine rings is 1. The highest BCUT2D eigenvalue weighted by Gasteiger charge is 2.21. The van der Waals surface area contributed by atoms with Crippen molar-refractivity contribution in [1.29, 1.82) is 0 Å². The number of carbonyl (C=O) groups excluding carboxylic acids is 1. The first-order chi connectivity index (χ1) is 10.1. The summed E-state index contributed by atoms with van der Waals surface area (Å²) >= 11 is 6.12. The fourth-order valence-electron chi connectivity index (χ4n) is 2.85. The lowest BCUT2D eigenvalue weighted by atomic mass is 10.00. The van der Waals surface area contributed by atoms with Crippen molar-refractivity contribution < 1.29 is 4.79 Å². The monoisotopic (exact) mass is 303 g/mol. The largest absolute Gasteiger partial charge is 0.349 e. The molecule has 2 N–H and O–H groups in total. The number of aromatic nitrogens is 1. The summed E-state index contributed by atoms with van der Waals surface area (Å²) in [6.07, 6.45) is 3.58. The zero-order chi connectivity index (χ0) is 14.8. The molecular weight excluding hydrogens is 286 g/mol. The number of benzene rings is 1. The van der Waals surface area contributed by atoms with Crippen LogP contribution in [-0.4, -0.2) is 29.5 Å². The molecule has 0 aliphatic carbocycles. The van der Waals surface area contributed by atoms with E-state index in [-0.39, 0.29) is 11.9 Å². The van der Waals surface area contributed by atoms with Crippen LogP contribution in [0.5, 0.6) is 0 Å². The first-order valence-electron chi connectivity index (χ1n) is 7.22. The quantitative estimate of drug-likeness (QED) is 0.897. The Morgan fingerprint density at radius 2 is 2.33 bits per heavy atom. The van der Waals surface area contributed by atoms with E-state index in [1.165, 1.54) is 0 Å². The summed E-state index contributed by atoms with van der Waals surface area (Å²) in [6, 6.07) is 7.90. The zero-order valence-corrected chi connectivity index (χ0v) is 12.7. The number of hydrogen-bond acceptors (Lipinski definition) is 3. The molecule has 0 spiro atoms. The molecule has 1 saturated heterocycles. The average molecular weight is 304 g/mol. The molecule has 4 nitrogen and oxygen atoms in total. The lowest BCUT2D eigenvalue weighted by Crippen LogP contribution is -2.46. The summed E-state index contributed by atoms with van der Waals surface area (Å²) in [7, 11) is 0. The Kier molecular flexibility index (Phi) is 4.08. The Hall–Kier alpha value is -1.65. The van der Waals surface area contributed by atoms with Crippen LogP contribution in [0.1, 0.15) is 30.1 Å². The molecule has 1 amide bonds. The first-order valence-corrected chi connectivity index (χ1v) is 7.60. The second kappa shape index (κ2) is 6.00. The molecule has 0 bridgehead atoms. The van der Waals surface area contributed by atoms with Gasteiger partial charge in [-0.15, -0.1) is 0 Å². The second-order valence-electron chi connectivity index (χ2n) is 5.58. The minimum absolute atomic E-state index is 0.0969. The Morgan fingerprint density at radius 1 is 1.48 bits per heavy atom. The van der Waals surface area contributed by atoms with Gasteiger partial charge in [0.05, 0.1) is 11.1 Å². The summed E-state index contributed by atoms with van der Waals surface area (Å²) < 4.78 is 0. The van der Waals surface area contributed by atoms with Crippen molar-refractivity contribution in [3.63, 3.8) is 0 Å². The summed E-state index contributed by atoms with van der Waals surface area (Å²) in [6.45, 7) is 3.06. The third kappa shape index (κ3) is 3.17. The Labute approximate surface area is 128 Å². The maximum Gasteiger partial charge on any atom is 0.253 e. The topological polar surface area (TPSA) is 54.0 Å². The van der Waals surface area contributed by atoms with E-state index in [0.29, 0.717) is 22.1 Å². The molecule has 0 saturated carbocycles. The van der Waals surface area contributed by atoms with Crippen LogP contribution in [0.2, 0.25) is 5.02 Å². The summed E-state index contributed by atoms with van der Waals surface area (Å²) in [4.78, 5) is 16.9. The fraction of sp³-hybridized carbons (Fsp3) is 0.375. The lowest BCUT2D eigenvalue weighted by molar-refractivity contribution is 0.0927. The minimum Gasteiger partial charge on any atom is -0.349 e. The van der Waals surface area contributed by atoms with E-state index in [9.17, 15) is 4.79 Å². The number of amides is 1. The van der Waals surface area contributed by atoms with Gasteiger partial charge in [0.25, 0.3) is 5.91 Å². The Balaban J connectivity index is 1.87. The molecule has 5 heteroatoms. The van der Waals surface area contributed by atoms with Crippen LogP contribution in [0.4, 0.5) is 0 Å². The van der Waals surface area contributed by atoms with Crippen molar-refractivity contribution in [1.82, 2.24) is 15.6 Å². The lowest BCUT2D eigenvalue weighted by Gasteiger charge is -2.28. The van der Waals surface area contributed by atoms with Crippen LogP contribution in [0.3, 0.4) is 0 Å². The molecule has 1 aromatic carbocycles. The summed E-state index contributed by atoms with van der Waals surface area (Å²) in [5.41, 5.74) is 1.24. The highest BCUT2D eigenvalue weighted by Crippen LogP contribution is 2.22. The number of fused-ring (bicyclic) bond motifs is 1. The maximum absolute atomic E-state index is 12.6. The number of halogens is 1. The van der Waals surface area contributed by atoms with E-state index in [4.69, 9.17) is 11.6 Å². The van der Waals surface area contributed by atoms with E-state index >= 15 is 0 Å². The van der Waals surface area contributed by atoms with E-state index in [1.807, 2.05) is 18.2 Å². The second-order valence-corrected chi connectivity index (χ2v) is 6.01. The molecule has 1 aromatic heterocycles. The number of pyridine rings is 1. The predicted octanol–water partition coefficient (Wildman–Crippen LogP) is 2.76. The average Bonchev–Trinajstić information content (AvgIpc) is 2.46. The van der Waals surface area contributed by atoms with Crippen LogP contribution in [0.25, 0.3) is 10.9 Å². The molecular formula is C16H18ClN3O. The van der Waals surface area contributed by atoms with Crippen LogP contribution in [-0.2, 0) is 0 Å². The number of carbonyl (C=O) groups is 1. The molecule has 2 atom stereocenters. The van der Waals surface area contributed by atoms with Gasteiger partial charge >= 0.3 is 0 Å². The van der Waals surface area contributed by atoms with Gasteiger partial charge in [-0.3, -0.25) is 9.78 Å². The van der Waals surface area contributed by atoms with Crippen molar-refractivity contribution >= 4 is 28.4 Å². The maximum atomic E-state index is 12.6. The van der Waals surface area contributed by atoms with Crippen LogP contribution in [0.15, 0.2) is 30.5 Å². The molecule has 1 fully saturated rings. The van der Waals surface area contributed by atoms with Gasteiger partial charge in [0.15, 0.2) is 0 Å². The molecule has 2 unspecified atom stereocenters. The van der Waals surface area contributed by atoms with E-state index < -0.39 is 0 Å². The summed E-state index contributed by atoms with van der Waals surface area (Å²) in [5, 5.41) is 7.92. The normalized spacial score (nSPS) is 22.2. The van der Waals surface area contributed by atoms with Gasteiger partial charge in [-0.25, -0.2) is 0 Å². The molecule has 2 heterocycles. The van der Waals surface area contributed by atoms with E-state index in [1.54, 1.807) is 12.3 Å². The van der Waals surface area contributed by atoms with Gasteiger partial charge in [-0.05, 0) is 44.5 Å². The van der Waals surface area contributed by atoms with Crippen LogP contribution >= 0.6 is 11.6 Å². The van der Waals surface area contributed by atoms with Gasteiger partial charge in [0, 0.05) is 28.7 Å². The number of nitrogens with zero attached hydrogens (tertiary/aromatic N) is 1. The molecule has 21 heavy (non-hydrogen) atoms. The number of hydrogen-bond donors (Lipinski definition) is 2. The van der Waals surface area contributed by atoms with Gasteiger partial charge < -0.3 is 10.6 Å². The van der Waals surface area contributed by atoms with Crippen molar-refractivity contribution in [3.05, 3.63) is 41.0 Å². The SMILES string of the molecule is CC1CC(NC(=O)c2cc(Cl)cc3cccnc23)CCN1. The van der Waals surface area contributed by atoms with E-state index in [0.717, 1.165) is 24.8 Å². The Morgan fingerprint density at radius 3 is 3.14 bits per heavy atom. The predicted molar refractivity (Wildman–Crippen MR) is 84.7 cm³/mol. The minimum atomic E-state index is -0.0969. The third-order valence-corrected chi connectivity index (χ3v) is 4.09. The number of nitrogens with one attached hydrogen (secondary N) is 2. The van der Waals surface area contributed by atoms with Gasteiger partial charge in [-0.2, -0.15) is 0 Å². The molecule has 2 aromatic rings. The first kappa shape index (κ1) is 14.3. The van der Waals surface area contributed by atoms with Crippen molar-refractivity contribution in [2.75, 3.05) is 6.54 Å². The number of rotatable bonds is 2. The van der Waals surface area contributed by atoms with Gasteiger partial charge in [0.2, 0.25) is 0 Å². The standard InChI is InChI=1S/C16H18ClN3O/c1-10-7-13(4-6-18-10)20-16(21)14-9-12(17)8-11-3-2-5-19-15(11)14/h2-3,5,8-10,13,18H,4,6-7H2,1H3,(H,20,21). The van der Waals surface area contributed by atoms with Gasteiger partial charge in [-0.1, -0.05) is 17.7 Å². The summed E-state index contributed by atoms with van der Waals surface area (Å²) in [5.74, 6) is -0.0969. The van der Waals surface area contributed by atoms with Crippen LogP contribution in [0, 0.1) is 0 Å². The Bertz CT molecular complexity index is 674. The molecule has 3 rings (SSSR count). The van der Waals surface area contributed by atoms with Crippen molar-refractivity contribution in [3.8, 4) is 0 Å². The molecule has 1 aliphatic heterocycles. The molecule has 110 valence electrons. The highest BCUT2D eigenvalue weighted by molar-refractivity contribution is 6.32. The molecule has 0 radical (unpaired) electrons. The van der Waals surface area contributed by atoms with Crippen LogP contribution < -0.4 is 10.6 Å². The van der Waals surface area contributed by atoms with Crippen molar-refractivity contribution in [2.24, 2.45) is 0 Å². The third-order valence-electron chi connectivity index (χ3n) is 3.87. The van der Waals surface area contributed by atoms with E-state index in [2.05, 4.69) is 22.5 Å². The zero-order valence-electron chi connectivity index (χ0n) is 11.9. The smallest absolute Gasteiger partial charge is 0.253 e. The van der Waals surface area contributed by atoms with Gasteiger partial charge in [0.1, 0.15) is 0 Å². The van der Waals surface area contributed by atoms with Crippen molar-refractivity contribution in [2.45, 2.75) is 31.8 Å². The highest BCUT2D eigenvalue weighted by atomic mass is 35.5. The fourth-order valence-corrected chi connectivity index (χ4v) is 3.08. The molecule has 1 aliphatic rings.